The van der Waals surface area contributed by atoms with E-state index in [2.05, 4.69) is 46.7 Å². The normalized spacial score (nSPS) is 13.7. The van der Waals surface area contributed by atoms with Crippen molar-refractivity contribution in [1.29, 1.82) is 0 Å². The minimum Gasteiger partial charge on any atom is -0.391 e. The molecule has 5 heteroatoms. The Labute approximate surface area is 133 Å². The van der Waals surface area contributed by atoms with Crippen LogP contribution in [-0.2, 0) is 0 Å². The molecule has 124 valence electrons. The molecule has 2 unspecified atom stereocenters. The van der Waals surface area contributed by atoms with Crippen molar-refractivity contribution in [3.63, 3.8) is 0 Å². The summed E-state index contributed by atoms with van der Waals surface area (Å²) in [4.78, 5) is 13.9. The number of nitrogens with zero attached hydrogens (tertiary/aromatic N) is 1. The molecule has 0 saturated heterocycles. The molecule has 0 heterocycles. The second-order valence-electron chi connectivity index (χ2n) is 5.92. The Morgan fingerprint density at radius 2 is 1.77 bits per heavy atom. The lowest BCUT2D eigenvalue weighted by molar-refractivity contribution is 0.160. The number of hydrogen-bond donors (Lipinski definition) is 3. The third-order valence-electron chi connectivity index (χ3n) is 3.66. The monoisotopic (exact) mass is 307 g/mol. The van der Waals surface area contributed by atoms with E-state index in [1.165, 1.54) is 11.1 Å². The molecule has 3 N–H and O–H groups in total. The van der Waals surface area contributed by atoms with Crippen LogP contribution in [0.3, 0.4) is 0 Å². The molecule has 1 aromatic carbocycles. The second-order valence-corrected chi connectivity index (χ2v) is 5.92. The molecule has 1 rings (SSSR count). The van der Waals surface area contributed by atoms with Crippen LogP contribution in [0.15, 0.2) is 24.3 Å². The summed E-state index contributed by atoms with van der Waals surface area (Å²) in [5.74, 6) is 0. The van der Waals surface area contributed by atoms with Gasteiger partial charge < -0.3 is 20.6 Å². The van der Waals surface area contributed by atoms with Crippen molar-refractivity contribution in [1.82, 2.24) is 15.5 Å². The molecule has 1 aromatic rings. The van der Waals surface area contributed by atoms with Gasteiger partial charge in [0.25, 0.3) is 0 Å². The first kappa shape index (κ1) is 18.5. The molecule has 0 spiro atoms. The van der Waals surface area contributed by atoms with E-state index < -0.39 is 6.10 Å². The number of nitrogens with one attached hydrogen (secondary N) is 2. The van der Waals surface area contributed by atoms with E-state index in [0.717, 1.165) is 6.42 Å². The highest BCUT2D eigenvalue weighted by molar-refractivity contribution is 5.73. The highest BCUT2D eigenvalue weighted by atomic mass is 16.3. The first-order valence-electron chi connectivity index (χ1n) is 7.86. The van der Waals surface area contributed by atoms with E-state index >= 15 is 0 Å². The summed E-state index contributed by atoms with van der Waals surface area (Å²) in [6.07, 6.45) is 1.13. The summed E-state index contributed by atoms with van der Waals surface area (Å²) in [5.41, 5.74) is 2.39. The zero-order valence-corrected chi connectivity index (χ0v) is 14.1. The van der Waals surface area contributed by atoms with Gasteiger partial charge in [-0.1, -0.05) is 43.2 Å². The Bertz CT molecular complexity index is 446. The molecular formula is C17H29N3O2. The maximum absolute atomic E-state index is 11.8. The quantitative estimate of drug-likeness (QED) is 0.689. The number of carbonyl (C=O) groups is 1. The van der Waals surface area contributed by atoms with Crippen molar-refractivity contribution < 1.29 is 9.90 Å². The van der Waals surface area contributed by atoms with Gasteiger partial charge in [-0.25, -0.2) is 4.79 Å². The van der Waals surface area contributed by atoms with Gasteiger partial charge in [0.2, 0.25) is 0 Å². The largest absolute Gasteiger partial charge is 0.391 e. The zero-order chi connectivity index (χ0) is 16.5. The number of aliphatic hydroxyl groups is 1. The van der Waals surface area contributed by atoms with Crippen LogP contribution in [-0.4, -0.2) is 49.3 Å². The summed E-state index contributed by atoms with van der Waals surface area (Å²) in [7, 11) is 3.99. The van der Waals surface area contributed by atoms with Gasteiger partial charge in [0.15, 0.2) is 0 Å². The molecule has 0 radical (unpaired) electrons. The lowest BCUT2D eigenvalue weighted by Gasteiger charge is -2.25. The summed E-state index contributed by atoms with van der Waals surface area (Å²) in [6.45, 7) is 4.87. The molecule has 2 atom stereocenters. The number of aryl methyl sites for hydroxylation is 1. The van der Waals surface area contributed by atoms with Gasteiger partial charge in [0.1, 0.15) is 0 Å². The minimum atomic E-state index is -0.475. The molecular weight excluding hydrogens is 278 g/mol. The second kappa shape index (κ2) is 9.43. The third kappa shape index (κ3) is 6.45. The van der Waals surface area contributed by atoms with E-state index in [1.54, 1.807) is 0 Å². The van der Waals surface area contributed by atoms with E-state index in [4.69, 9.17) is 0 Å². The third-order valence-corrected chi connectivity index (χ3v) is 3.66. The molecule has 0 aliphatic carbocycles. The lowest BCUT2D eigenvalue weighted by Crippen LogP contribution is -2.43. The van der Waals surface area contributed by atoms with Gasteiger partial charge in [0, 0.05) is 13.1 Å². The first-order chi connectivity index (χ1) is 10.4. The van der Waals surface area contributed by atoms with E-state index in [1.807, 2.05) is 21.0 Å². The molecule has 2 amide bonds. The molecule has 0 saturated carbocycles. The Hall–Kier alpha value is -1.59. The molecule has 22 heavy (non-hydrogen) atoms. The number of hydrogen-bond acceptors (Lipinski definition) is 3. The Balaban J connectivity index is 2.47. The highest BCUT2D eigenvalue weighted by Gasteiger charge is 2.15. The van der Waals surface area contributed by atoms with Crippen molar-refractivity contribution in [2.45, 2.75) is 38.8 Å². The van der Waals surface area contributed by atoms with Crippen molar-refractivity contribution >= 4 is 6.03 Å². The average molecular weight is 307 g/mol. The van der Waals surface area contributed by atoms with Crippen LogP contribution in [0, 0.1) is 6.92 Å². The number of rotatable bonds is 8. The fourth-order valence-corrected chi connectivity index (χ4v) is 2.28. The number of carbonyl (C=O) groups excluding carboxylic acids is 1. The van der Waals surface area contributed by atoms with Gasteiger partial charge in [0.05, 0.1) is 12.1 Å². The van der Waals surface area contributed by atoms with Crippen LogP contribution in [0.5, 0.6) is 0 Å². The number of likely N-dealkylation sites (N-methyl/N-ethyl adjacent to an activating group) is 1. The molecule has 0 aliphatic heterocycles. The summed E-state index contributed by atoms with van der Waals surface area (Å²) >= 11 is 0. The Morgan fingerprint density at radius 1 is 1.18 bits per heavy atom. The molecule has 0 bridgehead atoms. The smallest absolute Gasteiger partial charge is 0.314 e. The fourth-order valence-electron chi connectivity index (χ4n) is 2.28. The van der Waals surface area contributed by atoms with Gasteiger partial charge >= 0.3 is 6.03 Å². The highest BCUT2D eigenvalue weighted by Crippen LogP contribution is 2.17. The summed E-state index contributed by atoms with van der Waals surface area (Å²) in [6, 6.07) is 8.20. The maximum Gasteiger partial charge on any atom is 0.314 e. The van der Waals surface area contributed by atoms with Crippen LogP contribution < -0.4 is 10.6 Å². The summed E-state index contributed by atoms with van der Waals surface area (Å²) < 4.78 is 0. The van der Waals surface area contributed by atoms with Crippen LogP contribution in [0.1, 0.15) is 36.9 Å². The van der Waals surface area contributed by atoms with E-state index in [9.17, 15) is 9.90 Å². The van der Waals surface area contributed by atoms with Gasteiger partial charge in [-0.2, -0.15) is 0 Å². The predicted molar refractivity (Wildman–Crippen MR) is 89.9 cm³/mol. The maximum atomic E-state index is 11.8. The number of benzene rings is 1. The predicted octanol–water partition coefficient (Wildman–Crippen LogP) is 2.06. The standard InChI is InChI=1S/C17H29N3O2/c1-5-6-15(21)11-18-17(22)19-12-16(20(3)4)14-9-7-13(2)8-10-14/h7-10,15-16,21H,5-6,11-12H2,1-4H3,(H2,18,19,22). The van der Waals surface area contributed by atoms with Crippen molar-refractivity contribution in [2.75, 3.05) is 27.2 Å². The lowest BCUT2D eigenvalue weighted by atomic mass is 10.0. The van der Waals surface area contributed by atoms with Crippen molar-refractivity contribution in [3.8, 4) is 0 Å². The summed E-state index contributed by atoms with van der Waals surface area (Å²) in [5, 5.41) is 15.2. The molecule has 0 aliphatic rings. The van der Waals surface area contributed by atoms with E-state index in [0.29, 0.717) is 13.0 Å². The Morgan fingerprint density at radius 3 is 2.32 bits per heavy atom. The van der Waals surface area contributed by atoms with Gasteiger partial charge in [-0.3, -0.25) is 0 Å². The van der Waals surface area contributed by atoms with Gasteiger partial charge in [-0.05, 0) is 33.0 Å². The molecule has 0 fully saturated rings. The average Bonchev–Trinajstić information content (AvgIpc) is 2.47. The number of urea groups is 1. The minimum absolute atomic E-state index is 0.118. The molecule has 0 aromatic heterocycles. The van der Waals surface area contributed by atoms with Crippen LogP contribution >= 0.6 is 0 Å². The van der Waals surface area contributed by atoms with Crippen molar-refractivity contribution in [3.05, 3.63) is 35.4 Å². The number of amides is 2. The zero-order valence-electron chi connectivity index (χ0n) is 14.1. The Kier molecular flexibility index (Phi) is 7.91. The van der Waals surface area contributed by atoms with Gasteiger partial charge in [-0.15, -0.1) is 0 Å². The van der Waals surface area contributed by atoms with Crippen molar-refractivity contribution in [2.24, 2.45) is 0 Å². The van der Waals surface area contributed by atoms with Crippen LogP contribution in [0.4, 0.5) is 4.79 Å². The number of aliphatic hydroxyl groups excluding tert-OH is 1. The molecule has 5 nitrogen and oxygen atoms in total. The first-order valence-corrected chi connectivity index (χ1v) is 7.86. The topological polar surface area (TPSA) is 64.6 Å². The van der Waals surface area contributed by atoms with Crippen LogP contribution in [0.25, 0.3) is 0 Å². The van der Waals surface area contributed by atoms with E-state index in [-0.39, 0.29) is 18.6 Å². The fraction of sp³-hybridized carbons (Fsp3) is 0.588. The van der Waals surface area contributed by atoms with Crippen LogP contribution in [0.2, 0.25) is 0 Å². The SMILES string of the molecule is CCCC(O)CNC(=O)NCC(c1ccc(C)cc1)N(C)C.